The number of rotatable bonds is 6. The molecule has 0 bridgehead atoms. The molecule has 0 radical (unpaired) electrons. The number of amides is 1. The zero-order chi connectivity index (χ0) is 16.8. The maximum Gasteiger partial charge on any atom is 0.305 e. The first-order chi connectivity index (χ1) is 11.0. The Balaban J connectivity index is 2.03. The maximum atomic E-state index is 12.4. The normalized spacial score (nSPS) is 10.6. The highest BCUT2D eigenvalue weighted by atomic mass is 79.9. The number of nitrogens with one attached hydrogen (secondary N) is 1. The van der Waals surface area contributed by atoms with Gasteiger partial charge in [0.1, 0.15) is 0 Å². The zero-order valence-corrected chi connectivity index (χ0v) is 14.8. The molecular formula is C17H19BrN2O3. The topological polar surface area (TPSA) is 68.3 Å². The fourth-order valence-electron chi connectivity index (χ4n) is 2.31. The first-order valence-corrected chi connectivity index (χ1v) is 8.22. The minimum atomic E-state index is -0.225. The number of ether oxygens (including phenoxy) is 1. The van der Waals surface area contributed by atoms with Gasteiger partial charge in [0.25, 0.3) is 5.91 Å². The lowest BCUT2D eigenvalue weighted by Crippen LogP contribution is -2.25. The van der Waals surface area contributed by atoms with E-state index in [1.807, 2.05) is 25.1 Å². The van der Waals surface area contributed by atoms with Crippen molar-refractivity contribution in [3.8, 4) is 0 Å². The molecule has 1 aromatic carbocycles. The van der Waals surface area contributed by atoms with Gasteiger partial charge in [-0.2, -0.15) is 0 Å². The minimum Gasteiger partial charge on any atom is -0.469 e. The van der Waals surface area contributed by atoms with E-state index in [0.717, 1.165) is 27.5 Å². The molecule has 0 saturated heterocycles. The monoisotopic (exact) mass is 378 g/mol. The van der Waals surface area contributed by atoms with Crippen LogP contribution in [0.15, 0.2) is 28.7 Å². The largest absolute Gasteiger partial charge is 0.469 e. The summed E-state index contributed by atoms with van der Waals surface area (Å²) >= 11 is 3.42. The van der Waals surface area contributed by atoms with Gasteiger partial charge in [-0.3, -0.25) is 14.6 Å². The molecule has 0 aliphatic heterocycles. The fraction of sp³-hybridized carbons (Fsp3) is 0.353. The summed E-state index contributed by atoms with van der Waals surface area (Å²) in [5.74, 6) is -0.353. The molecule has 2 aromatic rings. The van der Waals surface area contributed by atoms with E-state index in [0.29, 0.717) is 24.9 Å². The van der Waals surface area contributed by atoms with Crippen LogP contribution in [0.25, 0.3) is 10.9 Å². The van der Waals surface area contributed by atoms with Crippen LogP contribution in [0.5, 0.6) is 0 Å². The third-order valence-electron chi connectivity index (χ3n) is 3.46. The van der Waals surface area contributed by atoms with E-state index < -0.39 is 0 Å². The summed E-state index contributed by atoms with van der Waals surface area (Å²) in [6.45, 7) is 2.39. The molecule has 2 rings (SSSR count). The minimum absolute atomic E-state index is 0.128. The average molecular weight is 379 g/mol. The number of hydrogen-bond acceptors (Lipinski definition) is 4. The fourth-order valence-corrected chi connectivity index (χ4v) is 2.67. The number of methoxy groups -OCH3 is 1. The summed E-state index contributed by atoms with van der Waals surface area (Å²) in [6, 6.07) is 7.48. The number of aromatic nitrogens is 1. The van der Waals surface area contributed by atoms with Crippen molar-refractivity contribution in [1.29, 1.82) is 0 Å². The van der Waals surface area contributed by atoms with E-state index >= 15 is 0 Å². The van der Waals surface area contributed by atoms with Gasteiger partial charge in [-0.15, -0.1) is 0 Å². The molecule has 1 heterocycles. The summed E-state index contributed by atoms with van der Waals surface area (Å²) in [6.07, 6.45) is 1.79. The third kappa shape index (κ3) is 4.76. The van der Waals surface area contributed by atoms with Gasteiger partial charge in [0.15, 0.2) is 0 Å². The van der Waals surface area contributed by atoms with E-state index in [1.54, 1.807) is 6.07 Å². The molecule has 0 aliphatic rings. The molecule has 0 unspecified atom stereocenters. The van der Waals surface area contributed by atoms with Gasteiger partial charge in [0.2, 0.25) is 0 Å². The van der Waals surface area contributed by atoms with Crippen molar-refractivity contribution in [2.24, 2.45) is 0 Å². The van der Waals surface area contributed by atoms with Gasteiger partial charge in [0, 0.05) is 28.5 Å². The molecule has 1 N–H and O–H groups in total. The summed E-state index contributed by atoms with van der Waals surface area (Å²) in [5, 5.41) is 3.71. The van der Waals surface area contributed by atoms with Crippen LogP contribution in [0.3, 0.4) is 0 Å². The number of halogens is 1. The van der Waals surface area contributed by atoms with Crippen LogP contribution in [0.1, 0.15) is 35.3 Å². The number of pyridine rings is 1. The quantitative estimate of drug-likeness (QED) is 0.617. The average Bonchev–Trinajstić information content (AvgIpc) is 2.53. The Bertz CT molecular complexity index is 731. The van der Waals surface area contributed by atoms with Gasteiger partial charge in [0.05, 0.1) is 18.2 Å². The second-order valence-electron chi connectivity index (χ2n) is 5.26. The Morgan fingerprint density at radius 3 is 2.78 bits per heavy atom. The molecule has 0 atom stereocenters. The van der Waals surface area contributed by atoms with E-state index in [4.69, 9.17) is 0 Å². The van der Waals surface area contributed by atoms with E-state index in [-0.39, 0.29) is 11.9 Å². The Kier molecular flexibility index (Phi) is 6.10. The van der Waals surface area contributed by atoms with E-state index in [1.165, 1.54) is 7.11 Å². The van der Waals surface area contributed by atoms with E-state index in [9.17, 15) is 9.59 Å². The first-order valence-electron chi connectivity index (χ1n) is 7.43. The SMILES string of the molecule is COC(=O)CCCCNC(=O)c1cc(C)nc2ccc(Br)cc12. The molecular weight excluding hydrogens is 360 g/mol. The summed E-state index contributed by atoms with van der Waals surface area (Å²) in [5.41, 5.74) is 2.21. The van der Waals surface area contributed by atoms with Crippen LogP contribution in [-0.2, 0) is 9.53 Å². The van der Waals surface area contributed by atoms with Crippen molar-refractivity contribution < 1.29 is 14.3 Å². The van der Waals surface area contributed by atoms with Crippen LogP contribution in [-0.4, -0.2) is 30.5 Å². The number of hydrogen-bond donors (Lipinski definition) is 1. The molecule has 1 amide bonds. The highest BCUT2D eigenvalue weighted by Crippen LogP contribution is 2.22. The molecule has 5 nitrogen and oxygen atoms in total. The number of unbranched alkanes of at least 4 members (excludes halogenated alkanes) is 1. The number of aryl methyl sites for hydroxylation is 1. The number of benzene rings is 1. The molecule has 0 fully saturated rings. The molecule has 122 valence electrons. The second kappa shape index (κ2) is 8.06. The molecule has 23 heavy (non-hydrogen) atoms. The maximum absolute atomic E-state index is 12.4. The summed E-state index contributed by atoms with van der Waals surface area (Å²) < 4.78 is 5.49. The standard InChI is InChI=1S/C17H19BrN2O3/c1-11-9-14(13-10-12(18)6-7-15(13)20-11)17(22)19-8-4-3-5-16(21)23-2/h6-7,9-10H,3-5,8H2,1-2H3,(H,19,22). The van der Waals surface area contributed by atoms with E-state index in [2.05, 4.69) is 31.0 Å². The smallest absolute Gasteiger partial charge is 0.305 e. The number of esters is 1. The van der Waals surface area contributed by atoms with Gasteiger partial charge in [-0.1, -0.05) is 15.9 Å². The summed E-state index contributed by atoms with van der Waals surface area (Å²) in [4.78, 5) is 27.9. The number of carbonyl (C=O) groups excluding carboxylic acids is 2. The van der Waals surface area contributed by atoms with Gasteiger partial charge in [-0.25, -0.2) is 0 Å². The van der Waals surface area contributed by atoms with Crippen LogP contribution in [0.4, 0.5) is 0 Å². The van der Waals surface area contributed by atoms with Crippen LogP contribution >= 0.6 is 15.9 Å². The highest BCUT2D eigenvalue weighted by Gasteiger charge is 2.12. The first kappa shape index (κ1) is 17.4. The Hall–Kier alpha value is -1.95. The number of fused-ring (bicyclic) bond motifs is 1. The Morgan fingerprint density at radius 2 is 2.04 bits per heavy atom. The Labute approximate surface area is 143 Å². The van der Waals surface area contributed by atoms with Crippen molar-refractivity contribution in [3.63, 3.8) is 0 Å². The highest BCUT2D eigenvalue weighted by molar-refractivity contribution is 9.10. The van der Waals surface area contributed by atoms with Crippen molar-refractivity contribution in [1.82, 2.24) is 10.3 Å². The van der Waals surface area contributed by atoms with Gasteiger partial charge >= 0.3 is 5.97 Å². The predicted octanol–water partition coefficient (Wildman–Crippen LogP) is 3.38. The van der Waals surface area contributed by atoms with Crippen molar-refractivity contribution in [2.75, 3.05) is 13.7 Å². The molecule has 0 aliphatic carbocycles. The van der Waals surface area contributed by atoms with Crippen LogP contribution in [0, 0.1) is 6.92 Å². The summed E-state index contributed by atoms with van der Waals surface area (Å²) in [7, 11) is 1.37. The zero-order valence-electron chi connectivity index (χ0n) is 13.2. The number of carbonyl (C=O) groups is 2. The van der Waals surface area contributed by atoms with Crippen LogP contribution < -0.4 is 5.32 Å². The number of nitrogens with zero attached hydrogens (tertiary/aromatic N) is 1. The second-order valence-corrected chi connectivity index (χ2v) is 6.18. The van der Waals surface area contributed by atoms with Crippen molar-refractivity contribution in [3.05, 3.63) is 40.0 Å². The molecule has 0 spiro atoms. The molecule has 1 aromatic heterocycles. The van der Waals surface area contributed by atoms with Crippen LogP contribution in [0.2, 0.25) is 0 Å². The lowest BCUT2D eigenvalue weighted by atomic mass is 10.1. The van der Waals surface area contributed by atoms with Crippen molar-refractivity contribution in [2.45, 2.75) is 26.2 Å². The molecule has 6 heteroatoms. The van der Waals surface area contributed by atoms with Crippen molar-refractivity contribution >= 4 is 38.7 Å². The molecule has 0 saturated carbocycles. The van der Waals surface area contributed by atoms with Gasteiger partial charge < -0.3 is 10.1 Å². The lowest BCUT2D eigenvalue weighted by molar-refractivity contribution is -0.140. The lowest BCUT2D eigenvalue weighted by Gasteiger charge is -2.09. The predicted molar refractivity (Wildman–Crippen MR) is 92.4 cm³/mol. The third-order valence-corrected chi connectivity index (χ3v) is 3.96. The van der Waals surface area contributed by atoms with Gasteiger partial charge in [-0.05, 0) is 44.0 Å². The Morgan fingerprint density at radius 1 is 1.26 bits per heavy atom.